The van der Waals surface area contributed by atoms with Crippen LogP contribution < -0.4 is 5.56 Å². The molecule has 0 aromatic carbocycles. The minimum atomic E-state index is -0.629. The Balaban J connectivity index is 1.99. The number of ether oxygens (including phenoxy) is 1. The van der Waals surface area contributed by atoms with Gasteiger partial charge in [0.05, 0.1) is 0 Å². The summed E-state index contributed by atoms with van der Waals surface area (Å²) in [5.74, 6) is -0.155. The monoisotopic (exact) mass is 292 g/mol. The summed E-state index contributed by atoms with van der Waals surface area (Å²) in [6, 6.07) is 2.58. The molecule has 0 aliphatic rings. The van der Waals surface area contributed by atoms with E-state index in [1.807, 2.05) is 0 Å². The minimum Gasteiger partial charge on any atom is -0.453 e. The Morgan fingerprint density at radius 2 is 2.19 bits per heavy atom. The zero-order valence-electron chi connectivity index (χ0n) is 11.9. The number of aryl methyl sites for hydroxylation is 2. The van der Waals surface area contributed by atoms with Crippen LogP contribution in [0.1, 0.15) is 36.1 Å². The Bertz CT molecular complexity index is 678. The second-order valence-electron chi connectivity index (χ2n) is 4.43. The summed E-state index contributed by atoms with van der Waals surface area (Å²) in [6.07, 6.45) is 1.95. The molecule has 2 aromatic heterocycles. The Hall–Kier alpha value is -2.58. The highest BCUT2D eigenvalue weighted by molar-refractivity contribution is 5.86. The first-order chi connectivity index (χ1) is 10.1. The smallest absolute Gasteiger partial charge is 0.359 e. The highest BCUT2D eigenvalue weighted by Gasteiger charge is 2.13. The highest BCUT2D eigenvalue weighted by atomic mass is 16.5. The summed E-state index contributed by atoms with van der Waals surface area (Å²) >= 11 is 0. The number of nitrogens with zero attached hydrogens (tertiary/aromatic N) is 6. The number of carbonyl (C=O) groups excluding carboxylic acids is 1. The summed E-state index contributed by atoms with van der Waals surface area (Å²) in [5, 5.41) is 15.0. The molecule has 0 radical (unpaired) electrons. The van der Waals surface area contributed by atoms with Crippen molar-refractivity contribution in [3.8, 4) is 0 Å². The van der Waals surface area contributed by atoms with E-state index in [9.17, 15) is 9.59 Å². The molecule has 0 bridgehead atoms. The van der Waals surface area contributed by atoms with E-state index in [4.69, 9.17) is 4.74 Å². The zero-order valence-corrected chi connectivity index (χ0v) is 11.9. The third-order valence-electron chi connectivity index (χ3n) is 2.83. The number of unbranched alkanes of at least 4 members (excludes halogenated alkanes) is 1. The Morgan fingerprint density at radius 3 is 2.90 bits per heavy atom. The van der Waals surface area contributed by atoms with Crippen molar-refractivity contribution in [3.05, 3.63) is 34.0 Å². The van der Waals surface area contributed by atoms with Gasteiger partial charge in [0, 0.05) is 19.7 Å². The van der Waals surface area contributed by atoms with Crippen LogP contribution in [0, 0.1) is 0 Å². The molecule has 21 heavy (non-hydrogen) atoms. The van der Waals surface area contributed by atoms with E-state index in [2.05, 4.69) is 27.5 Å². The van der Waals surface area contributed by atoms with Crippen molar-refractivity contribution in [1.82, 2.24) is 30.0 Å². The quantitative estimate of drug-likeness (QED) is 0.686. The number of rotatable bonds is 6. The van der Waals surface area contributed by atoms with Crippen LogP contribution in [0.2, 0.25) is 0 Å². The number of tetrazole rings is 1. The Labute approximate surface area is 120 Å². The maximum atomic E-state index is 11.9. The fourth-order valence-electron chi connectivity index (χ4n) is 1.62. The number of aromatic nitrogens is 6. The van der Waals surface area contributed by atoms with Gasteiger partial charge in [0.25, 0.3) is 5.56 Å². The largest absolute Gasteiger partial charge is 0.453 e. The van der Waals surface area contributed by atoms with Crippen molar-refractivity contribution >= 4 is 5.97 Å². The van der Waals surface area contributed by atoms with Crippen LogP contribution >= 0.6 is 0 Å². The van der Waals surface area contributed by atoms with Gasteiger partial charge in [-0.1, -0.05) is 13.3 Å². The molecule has 0 unspecified atom stereocenters. The molecule has 2 aromatic rings. The van der Waals surface area contributed by atoms with Crippen molar-refractivity contribution in [2.24, 2.45) is 7.05 Å². The van der Waals surface area contributed by atoms with Gasteiger partial charge in [0.15, 0.2) is 18.1 Å². The van der Waals surface area contributed by atoms with E-state index in [0.29, 0.717) is 12.4 Å². The highest BCUT2D eigenvalue weighted by Crippen LogP contribution is 2.02. The predicted molar refractivity (Wildman–Crippen MR) is 71.3 cm³/mol. The molecule has 2 heterocycles. The van der Waals surface area contributed by atoms with E-state index < -0.39 is 5.97 Å². The molecule has 9 nitrogen and oxygen atoms in total. The molecule has 9 heteroatoms. The number of hydrogen-bond donors (Lipinski definition) is 0. The van der Waals surface area contributed by atoms with Gasteiger partial charge in [-0.15, -0.1) is 5.10 Å². The lowest BCUT2D eigenvalue weighted by molar-refractivity contribution is 0.0446. The van der Waals surface area contributed by atoms with Gasteiger partial charge in [-0.2, -0.15) is 5.10 Å². The van der Waals surface area contributed by atoms with E-state index in [0.717, 1.165) is 17.5 Å². The van der Waals surface area contributed by atoms with E-state index in [-0.39, 0.29) is 17.9 Å². The number of esters is 1. The van der Waals surface area contributed by atoms with Gasteiger partial charge in [0.1, 0.15) is 0 Å². The molecule has 0 aliphatic heterocycles. The summed E-state index contributed by atoms with van der Waals surface area (Å²) in [4.78, 5) is 23.1. The van der Waals surface area contributed by atoms with Crippen molar-refractivity contribution in [2.75, 3.05) is 0 Å². The third-order valence-corrected chi connectivity index (χ3v) is 2.83. The molecule has 112 valence electrons. The van der Waals surface area contributed by atoms with Crippen LogP contribution in [0.3, 0.4) is 0 Å². The van der Waals surface area contributed by atoms with Crippen LogP contribution in [0.25, 0.3) is 0 Å². The fourth-order valence-corrected chi connectivity index (χ4v) is 1.62. The lowest BCUT2D eigenvalue weighted by Gasteiger charge is -2.05. The third kappa shape index (κ3) is 3.71. The zero-order chi connectivity index (χ0) is 15.2. The maximum Gasteiger partial charge on any atom is 0.359 e. The van der Waals surface area contributed by atoms with E-state index >= 15 is 0 Å². The van der Waals surface area contributed by atoms with Crippen LogP contribution in [0.5, 0.6) is 0 Å². The van der Waals surface area contributed by atoms with Gasteiger partial charge >= 0.3 is 5.97 Å². The van der Waals surface area contributed by atoms with Gasteiger partial charge in [0.2, 0.25) is 0 Å². The molecular weight excluding hydrogens is 276 g/mol. The molecule has 0 aliphatic carbocycles. The minimum absolute atomic E-state index is 0.0416. The van der Waals surface area contributed by atoms with Crippen molar-refractivity contribution < 1.29 is 9.53 Å². The molecule has 0 saturated carbocycles. The van der Waals surface area contributed by atoms with Crippen molar-refractivity contribution in [2.45, 2.75) is 32.9 Å². The van der Waals surface area contributed by atoms with Crippen molar-refractivity contribution in [1.29, 1.82) is 0 Å². The van der Waals surface area contributed by atoms with Gasteiger partial charge in [-0.25, -0.2) is 14.2 Å². The van der Waals surface area contributed by atoms with Crippen LogP contribution in [-0.2, 0) is 24.9 Å². The first-order valence-electron chi connectivity index (χ1n) is 6.58. The van der Waals surface area contributed by atoms with Gasteiger partial charge in [-0.05, 0) is 22.9 Å². The molecule has 0 saturated heterocycles. The molecule has 0 N–H and O–H groups in total. The number of hydrogen-bond acceptors (Lipinski definition) is 7. The second-order valence-corrected chi connectivity index (χ2v) is 4.43. The first-order valence-corrected chi connectivity index (χ1v) is 6.58. The fraction of sp³-hybridized carbons (Fsp3) is 0.500. The molecule has 0 amide bonds. The van der Waals surface area contributed by atoms with Gasteiger partial charge in [-0.3, -0.25) is 4.79 Å². The predicted octanol–water partition coefficient (Wildman–Crippen LogP) is -0.0761. The maximum absolute atomic E-state index is 11.9. The summed E-state index contributed by atoms with van der Waals surface area (Å²) < 4.78 is 7.78. The Morgan fingerprint density at radius 1 is 1.38 bits per heavy atom. The van der Waals surface area contributed by atoms with Crippen molar-refractivity contribution in [3.63, 3.8) is 0 Å². The van der Waals surface area contributed by atoms with E-state index in [1.54, 1.807) is 4.68 Å². The summed E-state index contributed by atoms with van der Waals surface area (Å²) in [7, 11) is 1.46. The van der Waals surface area contributed by atoms with Crippen LogP contribution in [0.15, 0.2) is 16.9 Å². The molecular formula is C12H16N6O3. The average Bonchev–Trinajstić information content (AvgIpc) is 2.92. The van der Waals surface area contributed by atoms with Crippen LogP contribution in [-0.4, -0.2) is 36.0 Å². The van der Waals surface area contributed by atoms with Crippen LogP contribution in [0.4, 0.5) is 0 Å². The average molecular weight is 292 g/mol. The summed E-state index contributed by atoms with van der Waals surface area (Å²) in [5.41, 5.74) is -0.236. The summed E-state index contributed by atoms with van der Waals surface area (Å²) in [6.45, 7) is 2.70. The van der Waals surface area contributed by atoms with E-state index in [1.165, 1.54) is 19.2 Å². The molecule has 2 rings (SSSR count). The standard InChI is InChI=1S/C12H16N6O3/c1-3-4-7-18-10(13-15-16-18)8-21-12(20)9-5-6-11(19)17(2)14-9/h5-6H,3-4,7-8H2,1-2H3. The number of carbonyl (C=O) groups is 1. The lowest BCUT2D eigenvalue weighted by atomic mass is 10.3. The lowest BCUT2D eigenvalue weighted by Crippen LogP contribution is -2.22. The molecule has 0 atom stereocenters. The molecule has 0 spiro atoms. The normalized spacial score (nSPS) is 10.6. The Kier molecular flexibility index (Phi) is 4.75. The second kappa shape index (κ2) is 6.73. The SMILES string of the molecule is CCCCn1nnnc1COC(=O)c1ccc(=O)n(C)n1. The molecule has 0 fully saturated rings. The first kappa shape index (κ1) is 14.8. The van der Waals surface area contributed by atoms with Gasteiger partial charge < -0.3 is 4.74 Å². The topological polar surface area (TPSA) is 105 Å².